The van der Waals surface area contributed by atoms with E-state index in [-0.39, 0.29) is 11.3 Å². The SMILES string of the molecule is COc1cccc(N2C(=O)C(=O)/C(=C(/O)c3cc(C)ccc3C)C2c2ccncc2)c1. The second-order valence-electron chi connectivity index (χ2n) is 7.47. The van der Waals surface area contributed by atoms with Gasteiger partial charge in [-0.1, -0.05) is 23.8 Å². The lowest BCUT2D eigenvalue weighted by Gasteiger charge is -2.25. The number of nitrogens with zero attached hydrogens (tertiary/aromatic N) is 2. The van der Waals surface area contributed by atoms with E-state index >= 15 is 0 Å². The van der Waals surface area contributed by atoms with Crippen molar-refractivity contribution in [2.75, 3.05) is 12.0 Å². The maximum atomic E-state index is 13.2. The highest BCUT2D eigenvalue weighted by Crippen LogP contribution is 2.43. The first-order valence-corrected chi connectivity index (χ1v) is 9.85. The minimum atomic E-state index is -0.796. The quantitative estimate of drug-likeness (QED) is 0.390. The molecule has 0 bridgehead atoms. The predicted octanol–water partition coefficient (Wildman–Crippen LogP) is 4.33. The maximum absolute atomic E-state index is 13.2. The van der Waals surface area contributed by atoms with Gasteiger partial charge in [0.1, 0.15) is 11.5 Å². The molecule has 1 fully saturated rings. The topological polar surface area (TPSA) is 79.7 Å². The van der Waals surface area contributed by atoms with Crippen molar-refractivity contribution in [1.29, 1.82) is 0 Å². The summed E-state index contributed by atoms with van der Waals surface area (Å²) in [5.74, 6) is -1.07. The van der Waals surface area contributed by atoms with Crippen LogP contribution in [-0.4, -0.2) is 28.9 Å². The summed E-state index contributed by atoms with van der Waals surface area (Å²) < 4.78 is 5.30. The number of Topliss-reactive ketones (excluding diaryl/α,β-unsaturated/α-hetero) is 1. The standard InChI is InChI=1S/C25H22N2O4/c1-15-7-8-16(2)20(13-15)23(28)21-22(17-9-11-26-12-10-17)27(25(30)24(21)29)18-5-4-6-19(14-18)31-3/h4-14,22,28H,1-3H3/b23-21+. The molecule has 1 amide bonds. The van der Waals surface area contributed by atoms with Gasteiger partial charge < -0.3 is 9.84 Å². The Kier molecular flexibility index (Phi) is 5.29. The number of carbonyl (C=O) groups is 2. The molecule has 0 saturated carbocycles. The number of aromatic nitrogens is 1. The summed E-state index contributed by atoms with van der Waals surface area (Å²) in [6, 6.07) is 15.2. The predicted molar refractivity (Wildman–Crippen MR) is 118 cm³/mol. The average Bonchev–Trinajstić information content (AvgIpc) is 3.06. The number of aryl methyl sites for hydroxylation is 2. The monoisotopic (exact) mass is 414 g/mol. The van der Waals surface area contributed by atoms with Gasteiger partial charge in [0.05, 0.1) is 18.7 Å². The molecule has 0 spiro atoms. The molecular weight excluding hydrogens is 392 g/mol. The Morgan fingerprint density at radius 2 is 1.77 bits per heavy atom. The number of hydrogen-bond donors (Lipinski definition) is 1. The van der Waals surface area contributed by atoms with Gasteiger partial charge in [-0.2, -0.15) is 0 Å². The average molecular weight is 414 g/mol. The highest BCUT2D eigenvalue weighted by atomic mass is 16.5. The van der Waals surface area contributed by atoms with E-state index in [0.29, 0.717) is 22.6 Å². The summed E-state index contributed by atoms with van der Waals surface area (Å²) in [5, 5.41) is 11.3. The normalized spacial score (nSPS) is 17.8. The molecule has 31 heavy (non-hydrogen) atoms. The van der Waals surface area contributed by atoms with Crippen molar-refractivity contribution in [1.82, 2.24) is 4.98 Å². The highest BCUT2D eigenvalue weighted by Gasteiger charge is 2.47. The minimum Gasteiger partial charge on any atom is -0.507 e. The number of anilines is 1. The molecular formula is C25H22N2O4. The maximum Gasteiger partial charge on any atom is 0.300 e. The molecule has 6 nitrogen and oxygen atoms in total. The molecule has 3 aromatic rings. The van der Waals surface area contributed by atoms with Gasteiger partial charge >= 0.3 is 0 Å². The third-order valence-electron chi connectivity index (χ3n) is 5.45. The van der Waals surface area contributed by atoms with E-state index in [9.17, 15) is 14.7 Å². The van der Waals surface area contributed by atoms with Crippen molar-refractivity contribution in [3.63, 3.8) is 0 Å². The van der Waals surface area contributed by atoms with Crippen molar-refractivity contribution in [2.45, 2.75) is 19.9 Å². The van der Waals surface area contributed by atoms with Gasteiger partial charge in [-0.15, -0.1) is 0 Å². The first kappa shape index (κ1) is 20.3. The van der Waals surface area contributed by atoms with E-state index in [1.807, 2.05) is 32.0 Å². The van der Waals surface area contributed by atoms with Crippen LogP contribution < -0.4 is 9.64 Å². The number of methoxy groups -OCH3 is 1. The number of hydrogen-bond acceptors (Lipinski definition) is 5. The van der Waals surface area contributed by atoms with Crippen LogP contribution in [0.25, 0.3) is 5.76 Å². The van der Waals surface area contributed by atoms with Crippen molar-refractivity contribution < 1.29 is 19.4 Å². The molecule has 4 rings (SSSR count). The van der Waals surface area contributed by atoms with Crippen molar-refractivity contribution in [3.05, 3.63) is 94.8 Å². The van der Waals surface area contributed by atoms with Crippen LogP contribution in [0.2, 0.25) is 0 Å². The van der Waals surface area contributed by atoms with Crippen LogP contribution in [0.5, 0.6) is 5.75 Å². The summed E-state index contributed by atoms with van der Waals surface area (Å²) in [6.07, 6.45) is 3.19. The number of ether oxygens (including phenoxy) is 1. The fourth-order valence-electron chi connectivity index (χ4n) is 3.86. The lowest BCUT2D eigenvalue weighted by Crippen LogP contribution is -2.29. The highest BCUT2D eigenvalue weighted by molar-refractivity contribution is 6.51. The third kappa shape index (κ3) is 3.57. The molecule has 2 heterocycles. The number of amides is 1. The Bertz CT molecular complexity index is 1200. The lowest BCUT2D eigenvalue weighted by atomic mass is 9.93. The Balaban J connectivity index is 1.97. The van der Waals surface area contributed by atoms with Crippen molar-refractivity contribution >= 4 is 23.1 Å². The molecule has 2 aromatic carbocycles. The van der Waals surface area contributed by atoms with E-state index in [1.165, 1.54) is 12.0 Å². The Morgan fingerprint density at radius 1 is 1.03 bits per heavy atom. The van der Waals surface area contributed by atoms with E-state index < -0.39 is 17.7 Å². The first-order chi connectivity index (χ1) is 14.9. The second-order valence-corrected chi connectivity index (χ2v) is 7.47. The number of rotatable bonds is 4. The number of pyridine rings is 1. The summed E-state index contributed by atoms with van der Waals surface area (Å²) in [4.78, 5) is 31.8. The lowest BCUT2D eigenvalue weighted by molar-refractivity contribution is -0.132. The molecule has 1 saturated heterocycles. The van der Waals surface area contributed by atoms with Gasteiger partial charge in [-0.25, -0.2) is 0 Å². The fraction of sp³-hybridized carbons (Fsp3) is 0.160. The van der Waals surface area contributed by atoms with E-state index in [1.54, 1.807) is 48.8 Å². The number of aliphatic hydroxyl groups excluding tert-OH is 1. The van der Waals surface area contributed by atoms with Crippen LogP contribution in [-0.2, 0) is 9.59 Å². The van der Waals surface area contributed by atoms with Crippen LogP contribution in [0.15, 0.2) is 72.6 Å². The smallest absolute Gasteiger partial charge is 0.300 e. The van der Waals surface area contributed by atoms with E-state index in [2.05, 4.69) is 4.98 Å². The molecule has 1 aromatic heterocycles. The zero-order chi connectivity index (χ0) is 22.1. The van der Waals surface area contributed by atoms with Crippen molar-refractivity contribution in [3.8, 4) is 5.75 Å². The number of carbonyl (C=O) groups excluding carboxylic acids is 2. The Labute approximate surface area is 180 Å². The molecule has 1 N–H and O–H groups in total. The zero-order valence-electron chi connectivity index (χ0n) is 17.5. The van der Waals surface area contributed by atoms with E-state index in [0.717, 1.165) is 11.1 Å². The molecule has 6 heteroatoms. The zero-order valence-corrected chi connectivity index (χ0v) is 17.5. The van der Waals surface area contributed by atoms with Gasteiger partial charge in [0.15, 0.2) is 0 Å². The number of benzene rings is 2. The van der Waals surface area contributed by atoms with Crippen LogP contribution in [0.3, 0.4) is 0 Å². The molecule has 1 aliphatic rings. The van der Waals surface area contributed by atoms with Crippen LogP contribution in [0, 0.1) is 13.8 Å². The molecule has 156 valence electrons. The summed E-state index contributed by atoms with van der Waals surface area (Å²) in [5.41, 5.74) is 3.50. The molecule has 1 unspecified atom stereocenters. The van der Waals surface area contributed by atoms with Gasteiger partial charge in [0.25, 0.3) is 11.7 Å². The van der Waals surface area contributed by atoms with Crippen LogP contribution in [0.4, 0.5) is 5.69 Å². The molecule has 0 radical (unpaired) electrons. The van der Waals surface area contributed by atoms with Gasteiger partial charge in [0, 0.05) is 29.7 Å². The van der Waals surface area contributed by atoms with Crippen molar-refractivity contribution in [2.24, 2.45) is 0 Å². The van der Waals surface area contributed by atoms with Crippen LogP contribution >= 0.6 is 0 Å². The van der Waals surface area contributed by atoms with E-state index in [4.69, 9.17) is 4.74 Å². The molecule has 1 aliphatic heterocycles. The molecule has 0 aliphatic carbocycles. The molecule has 1 atom stereocenters. The number of aliphatic hydroxyl groups is 1. The largest absolute Gasteiger partial charge is 0.507 e. The third-order valence-corrected chi connectivity index (χ3v) is 5.45. The Hall–Kier alpha value is -3.93. The van der Waals surface area contributed by atoms with Gasteiger partial charge in [-0.3, -0.25) is 19.5 Å². The minimum absolute atomic E-state index is 0.0488. The summed E-state index contributed by atoms with van der Waals surface area (Å²) in [6.45, 7) is 3.76. The second kappa shape index (κ2) is 8.07. The van der Waals surface area contributed by atoms with Gasteiger partial charge in [-0.05, 0) is 55.3 Å². The first-order valence-electron chi connectivity index (χ1n) is 9.85. The number of ketones is 1. The Morgan fingerprint density at radius 3 is 2.48 bits per heavy atom. The summed E-state index contributed by atoms with van der Waals surface area (Å²) in [7, 11) is 1.54. The summed E-state index contributed by atoms with van der Waals surface area (Å²) >= 11 is 0. The van der Waals surface area contributed by atoms with Gasteiger partial charge in [0.2, 0.25) is 0 Å². The van der Waals surface area contributed by atoms with Crippen LogP contribution in [0.1, 0.15) is 28.3 Å². The fourth-order valence-corrected chi connectivity index (χ4v) is 3.86.